The summed E-state index contributed by atoms with van der Waals surface area (Å²) < 4.78 is 10.3. The molecule has 0 bridgehead atoms. The average Bonchev–Trinajstić information content (AvgIpc) is 2.82. The molecular weight excluding hydrogens is 396 g/mol. The second-order valence-corrected chi connectivity index (χ2v) is 7.16. The van der Waals surface area contributed by atoms with Crippen LogP contribution in [-0.2, 0) is 14.3 Å². The predicted octanol–water partition coefficient (Wildman–Crippen LogP) is 3.52. The first-order chi connectivity index (χ1) is 15.1. The van der Waals surface area contributed by atoms with Gasteiger partial charge in [0.15, 0.2) is 6.61 Å². The van der Waals surface area contributed by atoms with E-state index in [9.17, 15) is 14.4 Å². The maximum Gasteiger partial charge on any atom is 0.340 e. The molecule has 7 heteroatoms. The summed E-state index contributed by atoms with van der Waals surface area (Å²) in [5.41, 5.74) is 1.35. The van der Waals surface area contributed by atoms with E-state index < -0.39 is 5.97 Å². The molecule has 1 aliphatic rings. The molecular formula is C24H26N2O5. The van der Waals surface area contributed by atoms with Gasteiger partial charge in [-0.15, -0.1) is 0 Å². The van der Waals surface area contributed by atoms with Crippen molar-refractivity contribution in [2.75, 3.05) is 32.1 Å². The summed E-state index contributed by atoms with van der Waals surface area (Å²) in [6.07, 6.45) is 6.09. The second kappa shape index (κ2) is 11.0. The van der Waals surface area contributed by atoms with E-state index in [1.165, 1.54) is 6.08 Å². The first-order valence-electron chi connectivity index (χ1n) is 10.2. The van der Waals surface area contributed by atoms with Crippen molar-refractivity contribution in [1.82, 2.24) is 4.90 Å². The van der Waals surface area contributed by atoms with Gasteiger partial charge in [-0.2, -0.15) is 0 Å². The number of likely N-dealkylation sites (tertiary alicyclic amines) is 1. The van der Waals surface area contributed by atoms with Crippen LogP contribution in [0.4, 0.5) is 5.69 Å². The van der Waals surface area contributed by atoms with Gasteiger partial charge in [0.1, 0.15) is 5.75 Å². The summed E-state index contributed by atoms with van der Waals surface area (Å²) in [5.74, 6) is -0.509. The van der Waals surface area contributed by atoms with E-state index in [-0.39, 0.29) is 24.0 Å². The van der Waals surface area contributed by atoms with Gasteiger partial charge < -0.3 is 19.7 Å². The quantitative estimate of drug-likeness (QED) is 0.545. The van der Waals surface area contributed by atoms with Gasteiger partial charge in [-0.1, -0.05) is 24.3 Å². The van der Waals surface area contributed by atoms with Crippen LogP contribution in [0, 0.1) is 0 Å². The van der Waals surface area contributed by atoms with Gasteiger partial charge >= 0.3 is 5.97 Å². The summed E-state index contributed by atoms with van der Waals surface area (Å²) in [6.45, 7) is 1.09. The SMILES string of the molecule is COc1ccc(/C=C/C(=O)Nc2ccccc2C(=O)OCC(=O)N2CCCCC2)cc1. The van der Waals surface area contributed by atoms with Gasteiger partial charge in [-0.05, 0) is 55.2 Å². The number of para-hydroxylation sites is 1. The third-order valence-electron chi connectivity index (χ3n) is 4.98. The fourth-order valence-electron chi connectivity index (χ4n) is 3.27. The van der Waals surface area contributed by atoms with E-state index >= 15 is 0 Å². The Bertz CT molecular complexity index is 947. The number of carbonyl (C=O) groups excluding carboxylic acids is 3. The van der Waals surface area contributed by atoms with Crippen molar-refractivity contribution >= 4 is 29.5 Å². The molecule has 1 heterocycles. The van der Waals surface area contributed by atoms with Crippen LogP contribution >= 0.6 is 0 Å². The molecule has 1 fully saturated rings. The Morgan fingerprint density at radius 2 is 1.71 bits per heavy atom. The molecule has 2 amide bonds. The van der Waals surface area contributed by atoms with Crippen molar-refractivity contribution < 1.29 is 23.9 Å². The Hall–Kier alpha value is -3.61. The molecule has 0 radical (unpaired) electrons. The fourth-order valence-corrected chi connectivity index (χ4v) is 3.27. The first kappa shape index (κ1) is 22.1. The third kappa shape index (κ3) is 6.44. The van der Waals surface area contributed by atoms with Crippen molar-refractivity contribution in [1.29, 1.82) is 0 Å². The monoisotopic (exact) mass is 422 g/mol. The number of hydrogen-bond acceptors (Lipinski definition) is 5. The van der Waals surface area contributed by atoms with Gasteiger partial charge in [0.2, 0.25) is 5.91 Å². The molecule has 0 saturated carbocycles. The number of anilines is 1. The summed E-state index contributed by atoms with van der Waals surface area (Å²) in [4.78, 5) is 38.8. The van der Waals surface area contributed by atoms with Crippen LogP contribution in [0.15, 0.2) is 54.6 Å². The predicted molar refractivity (Wildman–Crippen MR) is 118 cm³/mol. The largest absolute Gasteiger partial charge is 0.497 e. The molecule has 2 aromatic rings. The highest BCUT2D eigenvalue weighted by Crippen LogP contribution is 2.17. The van der Waals surface area contributed by atoms with Crippen LogP contribution in [0.5, 0.6) is 5.75 Å². The van der Waals surface area contributed by atoms with Crippen LogP contribution in [0.1, 0.15) is 35.2 Å². The van der Waals surface area contributed by atoms with Crippen molar-refractivity contribution in [3.63, 3.8) is 0 Å². The van der Waals surface area contributed by atoms with Crippen molar-refractivity contribution in [3.8, 4) is 5.75 Å². The highest BCUT2D eigenvalue weighted by Gasteiger charge is 2.20. The molecule has 1 N–H and O–H groups in total. The zero-order valence-corrected chi connectivity index (χ0v) is 17.5. The number of carbonyl (C=O) groups is 3. The van der Waals surface area contributed by atoms with Crippen LogP contribution in [-0.4, -0.2) is 49.5 Å². The third-order valence-corrected chi connectivity index (χ3v) is 4.98. The molecule has 1 saturated heterocycles. The number of ether oxygens (including phenoxy) is 2. The number of rotatable bonds is 7. The normalized spacial score (nSPS) is 13.6. The standard InChI is InChI=1S/C24H26N2O5/c1-30-19-12-9-18(10-13-19)11-14-22(27)25-21-8-4-3-7-20(21)24(29)31-17-23(28)26-15-5-2-6-16-26/h3-4,7-14H,2,5-6,15-17H2,1H3,(H,25,27)/b14-11+. The van der Waals surface area contributed by atoms with Gasteiger partial charge in [0, 0.05) is 19.2 Å². The lowest BCUT2D eigenvalue weighted by molar-refractivity contribution is -0.135. The number of nitrogens with zero attached hydrogens (tertiary/aromatic N) is 1. The summed E-state index contributed by atoms with van der Waals surface area (Å²) in [7, 11) is 1.59. The molecule has 0 spiro atoms. The van der Waals surface area contributed by atoms with Crippen LogP contribution < -0.4 is 10.1 Å². The fraction of sp³-hybridized carbons (Fsp3) is 0.292. The Labute approximate surface area is 181 Å². The molecule has 0 unspecified atom stereocenters. The lowest BCUT2D eigenvalue weighted by atomic mass is 10.1. The van der Waals surface area contributed by atoms with Crippen LogP contribution in [0.2, 0.25) is 0 Å². The molecule has 3 rings (SSSR count). The van der Waals surface area contributed by atoms with E-state index in [1.54, 1.807) is 54.5 Å². The molecule has 7 nitrogen and oxygen atoms in total. The molecule has 1 aliphatic heterocycles. The van der Waals surface area contributed by atoms with Gasteiger partial charge in [0.25, 0.3) is 5.91 Å². The van der Waals surface area contributed by atoms with Crippen molar-refractivity contribution in [2.45, 2.75) is 19.3 Å². The molecule has 162 valence electrons. The number of nitrogens with one attached hydrogen (secondary N) is 1. The number of hydrogen-bond donors (Lipinski definition) is 1. The summed E-state index contributed by atoms with van der Waals surface area (Å²) >= 11 is 0. The highest BCUT2D eigenvalue weighted by atomic mass is 16.5. The zero-order valence-electron chi connectivity index (χ0n) is 17.5. The topological polar surface area (TPSA) is 84.9 Å². The first-order valence-corrected chi connectivity index (χ1v) is 10.2. The molecule has 0 atom stereocenters. The van der Waals surface area contributed by atoms with Gasteiger partial charge in [0.05, 0.1) is 18.4 Å². The van der Waals surface area contributed by atoms with E-state index in [0.717, 1.165) is 30.6 Å². The van der Waals surface area contributed by atoms with E-state index in [2.05, 4.69) is 5.32 Å². The lowest BCUT2D eigenvalue weighted by Gasteiger charge is -2.26. The Morgan fingerprint density at radius 3 is 2.42 bits per heavy atom. The number of esters is 1. The minimum atomic E-state index is -0.652. The average molecular weight is 422 g/mol. The van der Waals surface area contributed by atoms with Crippen molar-refractivity contribution in [3.05, 3.63) is 65.7 Å². The maximum absolute atomic E-state index is 12.5. The second-order valence-electron chi connectivity index (χ2n) is 7.16. The van der Waals surface area contributed by atoms with Crippen molar-refractivity contribution in [2.24, 2.45) is 0 Å². The smallest absolute Gasteiger partial charge is 0.340 e. The van der Waals surface area contributed by atoms with Crippen LogP contribution in [0.3, 0.4) is 0 Å². The minimum absolute atomic E-state index is 0.195. The molecule has 2 aromatic carbocycles. The Balaban J connectivity index is 1.58. The summed E-state index contributed by atoms with van der Waals surface area (Å²) in [5, 5.41) is 2.69. The summed E-state index contributed by atoms with van der Waals surface area (Å²) in [6, 6.07) is 13.8. The molecule has 31 heavy (non-hydrogen) atoms. The Kier molecular flexibility index (Phi) is 7.81. The number of amides is 2. The number of methoxy groups -OCH3 is 1. The lowest BCUT2D eigenvalue weighted by Crippen LogP contribution is -2.38. The van der Waals surface area contributed by atoms with E-state index in [1.807, 2.05) is 12.1 Å². The Morgan fingerprint density at radius 1 is 1.00 bits per heavy atom. The van der Waals surface area contributed by atoms with Crippen LogP contribution in [0.25, 0.3) is 6.08 Å². The molecule has 0 aliphatic carbocycles. The molecule has 0 aromatic heterocycles. The maximum atomic E-state index is 12.5. The van der Waals surface area contributed by atoms with E-state index in [0.29, 0.717) is 18.8 Å². The minimum Gasteiger partial charge on any atom is -0.497 e. The number of piperidine rings is 1. The zero-order chi connectivity index (χ0) is 22.1. The van der Waals surface area contributed by atoms with E-state index in [4.69, 9.17) is 9.47 Å². The van der Waals surface area contributed by atoms with Gasteiger partial charge in [-0.3, -0.25) is 9.59 Å². The number of benzene rings is 2. The highest BCUT2D eigenvalue weighted by molar-refractivity contribution is 6.06. The van der Waals surface area contributed by atoms with Gasteiger partial charge in [-0.25, -0.2) is 4.79 Å².